The van der Waals surface area contributed by atoms with Gasteiger partial charge in [0.25, 0.3) is 11.6 Å². The number of carbonyl (C=O) groups excluding carboxylic acids is 1. The van der Waals surface area contributed by atoms with Crippen LogP contribution in [0, 0.1) is 17.0 Å². The van der Waals surface area contributed by atoms with Crippen LogP contribution in [0.2, 0.25) is 0 Å². The van der Waals surface area contributed by atoms with Gasteiger partial charge in [-0.15, -0.1) is 0 Å². The van der Waals surface area contributed by atoms with E-state index in [0.717, 1.165) is 11.0 Å². The molecule has 0 spiro atoms. The first-order valence-electron chi connectivity index (χ1n) is 6.21. The Balaban J connectivity index is 2.24. The Morgan fingerprint density at radius 2 is 2.14 bits per heavy atom. The van der Waals surface area contributed by atoms with Gasteiger partial charge in [0, 0.05) is 30.2 Å². The highest BCUT2D eigenvalue weighted by molar-refractivity contribution is 5.96. The topological polar surface area (TPSA) is 101 Å². The summed E-state index contributed by atoms with van der Waals surface area (Å²) in [5.41, 5.74) is -2.21. The monoisotopic (exact) mass is 296 g/mol. The van der Waals surface area contributed by atoms with E-state index in [1.165, 1.54) is 12.1 Å². The van der Waals surface area contributed by atoms with Crippen molar-refractivity contribution in [1.29, 1.82) is 0 Å². The molecule has 2 rings (SSSR count). The number of alkyl halides is 1. The Morgan fingerprint density at radius 3 is 2.67 bits per heavy atom. The fraction of sp³-hybridized carbons (Fsp3) is 0.385. The molecule has 1 aliphatic rings. The summed E-state index contributed by atoms with van der Waals surface area (Å²) in [5, 5.41) is 19.6. The van der Waals surface area contributed by atoms with Crippen molar-refractivity contribution in [2.75, 3.05) is 13.1 Å². The van der Waals surface area contributed by atoms with E-state index in [-0.39, 0.29) is 24.2 Å². The lowest BCUT2D eigenvalue weighted by molar-refractivity contribution is -0.385. The number of halogens is 1. The van der Waals surface area contributed by atoms with Crippen LogP contribution in [0.25, 0.3) is 0 Å². The summed E-state index contributed by atoms with van der Waals surface area (Å²) in [4.78, 5) is 34.3. The summed E-state index contributed by atoms with van der Waals surface area (Å²) >= 11 is 0. The van der Waals surface area contributed by atoms with Crippen molar-refractivity contribution < 1.29 is 24.0 Å². The molecule has 1 fully saturated rings. The van der Waals surface area contributed by atoms with Gasteiger partial charge in [0.2, 0.25) is 5.67 Å². The van der Waals surface area contributed by atoms with E-state index < -0.39 is 29.0 Å². The van der Waals surface area contributed by atoms with Gasteiger partial charge in [-0.05, 0) is 13.0 Å². The first kappa shape index (κ1) is 14.9. The summed E-state index contributed by atoms with van der Waals surface area (Å²) < 4.78 is 13.9. The molecule has 1 saturated heterocycles. The molecule has 0 bridgehead atoms. The predicted molar refractivity (Wildman–Crippen MR) is 69.8 cm³/mol. The van der Waals surface area contributed by atoms with Crippen LogP contribution in [-0.2, 0) is 4.79 Å². The molecule has 1 N–H and O–H groups in total. The highest BCUT2D eigenvalue weighted by Crippen LogP contribution is 2.28. The Kier molecular flexibility index (Phi) is 3.63. The summed E-state index contributed by atoms with van der Waals surface area (Å²) in [6.07, 6.45) is -0.290. The second kappa shape index (κ2) is 5.12. The van der Waals surface area contributed by atoms with Gasteiger partial charge in [-0.25, -0.2) is 9.18 Å². The van der Waals surface area contributed by atoms with Gasteiger partial charge in [0.1, 0.15) is 0 Å². The number of rotatable bonds is 3. The van der Waals surface area contributed by atoms with Crippen molar-refractivity contribution in [2.24, 2.45) is 0 Å². The standard InChI is InChI=1S/C13H13FN2O5/c1-8-2-3-9(6-10(8)16(20)21)11(17)15-5-4-13(14,7-15)12(18)19/h2-3,6H,4-5,7H2,1H3,(H,18,19). The maximum Gasteiger partial charge on any atom is 0.343 e. The van der Waals surface area contributed by atoms with E-state index in [1.807, 2.05) is 0 Å². The van der Waals surface area contributed by atoms with Crippen LogP contribution >= 0.6 is 0 Å². The lowest BCUT2D eigenvalue weighted by Gasteiger charge is -2.17. The van der Waals surface area contributed by atoms with E-state index in [2.05, 4.69) is 0 Å². The molecule has 112 valence electrons. The van der Waals surface area contributed by atoms with Gasteiger partial charge in [-0.3, -0.25) is 14.9 Å². The first-order chi connectivity index (χ1) is 9.74. The van der Waals surface area contributed by atoms with Crippen molar-refractivity contribution in [3.63, 3.8) is 0 Å². The van der Waals surface area contributed by atoms with Gasteiger partial charge in [-0.1, -0.05) is 6.07 Å². The minimum absolute atomic E-state index is 0.0384. The summed E-state index contributed by atoms with van der Waals surface area (Å²) in [5.74, 6) is -2.22. The van der Waals surface area contributed by atoms with Crippen molar-refractivity contribution >= 4 is 17.6 Å². The van der Waals surface area contributed by atoms with Gasteiger partial charge < -0.3 is 10.0 Å². The summed E-state index contributed by atoms with van der Waals surface area (Å²) in [6, 6.07) is 3.96. The number of hydrogen-bond donors (Lipinski definition) is 1. The molecule has 1 atom stereocenters. The molecule has 8 heteroatoms. The molecule has 0 aliphatic carbocycles. The average molecular weight is 296 g/mol. The maximum atomic E-state index is 13.9. The molecule has 1 unspecified atom stereocenters. The summed E-state index contributed by atoms with van der Waals surface area (Å²) in [7, 11) is 0. The predicted octanol–water partition coefficient (Wildman–Crippen LogP) is 1.54. The van der Waals surface area contributed by atoms with Crippen LogP contribution in [0.5, 0.6) is 0 Å². The van der Waals surface area contributed by atoms with Crippen molar-refractivity contribution in [3.8, 4) is 0 Å². The van der Waals surface area contributed by atoms with Crippen LogP contribution in [0.3, 0.4) is 0 Å². The second-order valence-electron chi connectivity index (χ2n) is 5.01. The number of nitro benzene ring substituents is 1. The number of aryl methyl sites for hydroxylation is 1. The molecular weight excluding hydrogens is 283 g/mol. The smallest absolute Gasteiger partial charge is 0.343 e. The number of likely N-dealkylation sites (tertiary alicyclic amines) is 1. The molecule has 21 heavy (non-hydrogen) atoms. The maximum absolute atomic E-state index is 13.9. The lowest BCUT2D eigenvalue weighted by Crippen LogP contribution is -2.38. The molecule has 0 saturated carbocycles. The Bertz CT molecular complexity index is 633. The zero-order valence-corrected chi connectivity index (χ0v) is 11.2. The number of amides is 1. The van der Waals surface area contributed by atoms with E-state index in [4.69, 9.17) is 5.11 Å². The van der Waals surface area contributed by atoms with E-state index >= 15 is 0 Å². The normalized spacial score (nSPS) is 21.3. The van der Waals surface area contributed by atoms with E-state index in [0.29, 0.717) is 5.56 Å². The van der Waals surface area contributed by atoms with Gasteiger partial charge in [0.05, 0.1) is 11.5 Å². The minimum atomic E-state index is -2.45. The molecule has 1 aliphatic heterocycles. The third-order valence-corrected chi connectivity index (χ3v) is 3.54. The SMILES string of the molecule is Cc1ccc(C(=O)N2CCC(F)(C(=O)O)C2)cc1[N+](=O)[O-]. The Hall–Kier alpha value is -2.51. The Labute approximate surface area is 119 Å². The van der Waals surface area contributed by atoms with Crippen LogP contribution < -0.4 is 0 Å². The Morgan fingerprint density at radius 1 is 1.48 bits per heavy atom. The molecule has 1 amide bonds. The van der Waals surface area contributed by atoms with E-state index in [9.17, 15) is 24.1 Å². The zero-order valence-electron chi connectivity index (χ0n) is 11.2. The number of benzene rings is 1. The number of carbonyl (C=O) groups is 2. The van der Waals surface area contributed by atoms with Gasteiger partial charge in [0.15, 0.2) is 0 Å². The lowest BCUT2D eigenvalue weighted by atomic mass is 10.1. The van der Waals surface area contributed by atoms with Crippen LogP contribution in [0.1, 0.15) is 22.3 Å². The zero-order chi connectivity index (χ0) is 15.8. The highest BCUT2D eigenvalue weighted by atomic mass is 19.1. The van der Waals surface area contributed by atoms with Gasteiger partial charge in [-0.2, -0.15) is 0 Å². The number of aliphatic carboxylic acids is 1. The molecule has 1 aromatic carbocycles. The van der Waals surface area contributed by atoms with Crippen molar-refractivity contribution in [1.82, 2.24) is 4.90 Å². The minimum Gasteiger partial charge on any atom is -0.479 e. The second-order valence-corrected chi connectivity index (χ2v) is 5.01. The molecule has 7 nitrogen and oxygen atoms in total. The number of nitrogens with zero attached hydrogens (tertiary/aromatic N) is 2. The van der Waals surface area contributed by atoms with Crippen molar-refractivity contribution in [3.05, 3.63) is 39.4 Å². The van der Waals surface area contributed by atoms with Crippen molar-refractivity contribution in [2.45, 2.75) is 19.0 Å². The third-order valence-electron chi connectivity index (χ3n) is 3.54. The van der Waals surface area contributed by atoms with Gasteiger partial charge >= 0.3 is 5.97 Å². The number of carboxylic acid groups (broad SMARTS) is 1. The molecule has 1 heterocycles. The number of hydrogen-bond acceptors (Lipinski definition) is 4. The first-order valence-corrected chi connectivity index (χ1v) is 6.21. The molecule has 0 radical (unpaired) electrons. The largest absolute Gasteiger partial charge is 0.479 e. The number of nitro groups is 1. The third kappa shape index (κ3) is 2.69. The molecular formula is C13H13FN2O5. The van der Waals surface area contributed by atoms with E-state index in [1.54, 1.807) is 6.92 Å². The van der Waals surface area contributed by atoms with Crippen LogP contribution in [0.15, 0.2) is 18.2 Å². The summed E-state index contributed by atoms with van der Waals surface area (Å²) in [6.45, 7) is 0.950. The highest BCUT2D eigenvalue weighted by Gasteiger charge is 2.47. The number of carboxylic acids is 1. The fourth-order valence-electron chi connectivity index (χ4n) is 2.24. The molecule has 0 aromatic heterocycles. The average Bonchev–Trinajstić information content (AvgIpc) is 2.82. The molecule has 1 aromatic rings. The van der Waals surface area contributed by atoms with Crippen LogP contribution in [-0.4, -0.2) is 45.6 Å². The van der Waals surface area contributed by atoms with Crippen LogP contribution in [0.4, 0.5) is 10.1 Å². The quantitative estimate of drug-likeness (QED) is 0.673. The fourth-order valence-corrected chi connectivity index (χ4v) is 2.24.